The maximum atomic E-state index is 12.3. The fraction of sp³-hybridized carbons (Fsp3) is 0.389. The summed E-state index contributed by atoms with van der Waals surface area (Å²) in [5, 5.41) is 3.20. The summed E-state index contributed by atoms with van der Waals surface area (Å²) >= 11 is 0. The van der Waals surface area contributed by atoms with E-state index in [2.05, 4.69) is 51.5 Å². The van der Waals surface area contributed by atoms with Gasteiger partial charge in [-0.05, 0) is 19.0 Å². The van der Waals surface area contributed by atoms with Gasteiger partial charge in [0.1, 0.15) is 0 Å². The molecule has 3 rings (SSSR count). The van der Waals surface area contributed by atoms with E-state index in [0.29, 0.717) is 18.8 Å². The molecule has 2 unspecified atom stereocenters. The molecule has 1 aromatic carbocycles. The lowest BCUT2D eigenvalue weighted by molar-refractivity contribution is -0.121. The molecule has 1 aromatic heterocycles. The van der Waals surface area contributed by atoms with Crippen LogP contribution in [0.3, 0.4) is 0 Å². The molecule has 120 valence electrons. The van der Waals surface area contributed by atoms with Crippen LogP contribution in [-0.2, 0) is 11.2 Å². The van der Waals surface area contributed by atoms with Crippen LogP contribution in [0.2, 0.25) is 0 Å². The van der Waals surface area contributed by atoms with E-state index in [1.807, 2.05) is 6.07 Å². The quantitative estimate of drug-likeness (QED) is 0.912. The van der Waals surface area contributed by atoms with Crippen molar-refractivity contribution >= 4 is 5.91 Å². The fourth-order valence-electron chi connectivity index (χ4n) is 3.16. The SMILES string of the molecule is CN1CC(NC(=O)CCc2cnccn2)C(c2ccccc2)C1. The van der Waals surface area contributed by atoms with E-state index in [0.717, 1.165) is 18.8 Å². The Kier molecular flexibility index (Phi) is 4.98. The molecule has 0 aliphatic carbocycles. The van der Waals surface area contributed by atoms with Crippen molar-refractivity contribution in [1.82, 2.24) is 20.2 Å². The lowest BCUT2D eigenvalue weighted by Gasteiger charge is -2.20. The standard InChI is InChI=1S/C18H22N4O/c1-22-12-16(14-5-3-2-4-6-14)17(13-22)21-18(23)8-7-15-11-19-9-10-20-15/h2-6,9-11,16-17H,7-8,12-13H2,1H3,(H,21,23). The van der Waals surface area contributed by atoms with E-state index in [1.54, 1.807) is 18.6 Å². The summed E-state index contributed by atoms with van der Waals surface area (Å²) < 4.78 is 0. The van der Waals surface area contributed by atoms with Gasteiger partial charge in [-0.25, -0.2) is 0 Å². The second-order valence-electron chi connectivity index (χ2n) is 6.11. The highest BCUT2D eigenvalue weighted by Crippen LogP contribution is 2.26. The lowest BCUT2D eigenvalue weighted by atomic mass is 9.94. The van der Waals surface area contributed by atoms with Gasteiger partial charge in [0, 0.05) is 50.1 Å². The molecule has 1 saturated heterocycles. The maximum Gasteiger partial charge on any atom is 0.220 e. The molecule has 5 heteroatoms. The van der Waals surface area contributed by atoms with Crippen LogP contribution >= 0.6 is 0 Å². The summed E-state index contributed by atoms with van der Waals surface area (Å²) in [6.45, 7) is 1.86. The van der Waals surface area contributed by atoms with Gasteiger partial charge in [0.2, 0.25) is 5.91 Å². The average molecular weight is 310 g/mol. The Hall–Kier alpha value is -2.27. The molecule has 2 heterocycles. The Morgan fingerprint density at radius 3 is 2.83 bits per heavy atom. The van der Waals surface area contributed by atoms with Crippen molar-refractivity contribution in [2.24, 2.45) is 0 Å². The number of rotatable bonds is 5. The van der Waals surface area contributed by atoms with E-state index >= 15 is 0 Å². The van der Waals surface area contributed by atoms with Gasteiger partial charge in [-0.15, -0.1) is 0 Å². The van der Waals surface area contributed by atoms with Crippen molar-refractivity contribution in [3.63, 3.8) is 0 Å². The molecule has 23 heavy (non-hydrogen) atoms. The normalized spacial score (nSPS) is 21.3. The van der Waals surface area contributed by atoms with Gasteiger partial charge in [-0.1, -0.05) is 30.3 Å². The number of likely N-dealkylation sites (tertiary alicyclic amines) is 1. The van der Waals surface area contributed by atoms with Crippen LogP contribution < -0.4 is 5.32 Å². The topological polar surface area (TPSA) is 58.1 Å². The summed E-state index contributed by atoms with van der Waals surface area (Å²) in [6, 6.07) is 10.6. The number of amides is 1. The van der Waals surface area contributed by atoms with Gasteiger partial charge < -0.3 is 10.2 Å². The van der Waals surface area contributed by atoms with Crippen LogP contribution in [0.5, 0.6) is 0 Å². The van der Waals surface area contributed by atoms with Crippen LogP contribution in [0.4, 0.5) is 0 Å². The van der Waals surface area contributed by atoms with Crippen LogP contribution in [0, 0.1) is 0 Å². The molecular formula is C18H22N4O. The van der Waals surface area contributed by atoms with Crippen LogP contribution in [0.15, 0.2) is 48.9 Å². The number of carbonyl (C=O) groups excluding carboxylic acids is 1. The highest BCUT2D eigenvalue weighted by molar-refractivity contribution is 5.76. The third kappa shape index (κ3) is 4.13. The van der Waals surface area contributed by atoms with Crippen molar-refractivity contribution in [2.45, 2.75) is 24.8 Å². The zero-order chi connectivity index (χ0) is 16.1. The number of likely N-dealkylation sites (N-methyl/N-ethyl adjacent to an activating group) is 1. The second-order valence-corrected chi connectivity index (χ2v) is 6.11. The summed E-state index contributed by atoms with van der Waals surface area (Å²) in [5.41, 5.74) is 2.14. The predicted molar refractivity (Wildman–Crippen MR) is 89.0 cm³/mol. The number of hydrogen-bond donors (Lipinski definition) is 1. The first kappa shape index (κ1) is 15.6. The predicted octanol–water partition coefficient (Wildman–Crippen LogP) is 1.62. The largest absolute Gasteiger partial charge is 0.351 e. The average Bonchev–Trinajstić information content (AvgIpc) is 2.95. The molecule has 5 nitrogen and oxygen atoms in total. The zero-order valence-corrected chi connectivity index (χ0v) is 13.4. The molecule has 2 aromatic rings. The highest BCUT2D eigenvalue weighted by atomic mass is 16.1. The molecule has 0 bridgehead atoms. The first-order chi connectivity index (χ1) is 11.2. The van der Waals surface area contributed by atoms with Gasteiger partial charge in [0.15, 0.2) is 0 Å². The van der Waals surface area contributed by atoms with E-state index in [1.165, 1.54) is 5.56 Å². The molecule has 0 saturated carbocycles. The van der Waals surface area contributed by atoms with Crippen molar-refractivity contribution in [3.05, 3.63) is 60.2 Å². The minimum atomic E-state index is 0.0804. The van der Waals surface area contributed by atoms with E-state index < -0.39 is 0 Å². The number of carbonyl (C=O) groups is 1. The van der Waals surface area contributed by atoms with Crippen molar-refractivity contribution in [1.29, 1.82) is 0 Å². The number of aryl methyl sites for hydroxylation is 1. The molecule has 1 aliphatic heterocycles. The van der Waals surface area contributed by atoms with Gasteiger partial charge >= 0.3 is 0 Å². The monoisotopic (exact) mass is 310 g/mol. The lowest BCUT2D eigenvalue weighted by Crippen LogP contribution is -2.39. The molecule has 0 spiro atoms. The summed E-state index contributed by atoms with van der Waals surface area (Å²) in [7, 11) is 2.10. The second kappa shape index (κ2) is 7.33. The minimum Gasteiger partial charge on any atom is -0.351 e. The Morgan fingerprint density at radius 1 is 1.26 bits per heavy atom. The van der Waals surface area contributed by atoms with E-state index in [-0.39, 0.29) is 11.9 Å². The molecule has 1 fully saturated rings. The Bertz CT molecular complexity index is 632. The highest BCUT2D eigenvalue weighted by Gasteiger charge is 2.32. The third-order valence-corrected chi connectivity index (χ3v) is 4.30. The number of nitrogens with one attached hydrogen (secondary N) is 1. The first-order valence-electron chi connectivity index (χ1n) is 8.00. The Morgan fingerprint density at radius 2 is 2.09 bits per heavy atom. The van der Waals surface area contributed by atoms with Gasteiger partial charge in [-0.3, -0.25) is 14.8 Å². The molecule has 0 radical (unpaired) electrons. The molecule has 2 atom stereocenters. The summed E-state index contributed by atoms with van der Waals surface area (Å²) in [4.78, 5) is 22.8. The Balaban J connectivity index is 1.58. The Labute approximate surface area is 136 Å². The zero-order valence-electron chi connectivity index (χ0n) is 13.4. The fourth-order valence-corrected chi connectivity index (χ4v) is 3.16. The van der Waals surface area contributed by atoms with Crippen LogP contribution in [0.25, 0.3) is 0 Å². The molecule has 1 amide bonds. The van der Waals surface area contributed by atoms with Crippen LogP contribution in [-0.4, -0.2) is 47.0 Å². The maximum absolute atomic E-state index is 12.3. The summed E-state index contributed by atoms with van der Waals surface area (Å²) in [5.74, 6) is 0.429. The van der Waals surface area contributed by atoms with Crippen LogP contribution in [0.1, 0.15) is 23.6 Å². The van der Waals surface area contributed by atoms with Gasteiger partial charge in [-0.2, -0.15) is 0 Å². The first-order valence-corrected chi connectivity index (χ1v) is 8.00. The summed E-state index contributed by atoms with van der Waals surface area (Å²) in [6.07, 6.45) is 6.08. The number of benzene rings is 1. The van der Waals surface area contributed by atoms with Crippen molar-refractivity contribution in [3.8, 4) is 0 Å². The van der Waals surface area contributed by atoms with Crippen molar-refractivity contribution in [2.75, 3.05) is 20.1 Å². The van der Waals surface area contributed by atoms with Gasteiger partial charge in [0.05, 0.1) is 5.69 Å². The number of nitrogens with zero attached hydrogens (tertiary/aromatic N) is 3. The minimum absolute atomic E-state index is 0.0804. The molecule has 1 N–H and O–H groups in total. The van der Waals surface area contributed by atoms with E-state index in [9.17, 15) is 4.79 Å². The molecular weight excluding hydrogens is 288 g/mol. The molecule has 1 aliphatic rings. The van der Waals surface area contributed by atoms with Crippen molar-refractivity contribution < 1.29 is 4.79 Å². The number of aromatic nitrogens is 2. The van der Waals surface area contributed by atoms with E-state index in [4.69, 9.17) is 0 Å². The smallest absolute Gasteiger partial charge is 0.220 e. The number of hydrogen-bond acceptors (Lipinski definition) is 4. The van der Waals surface area contributed by atoms with Gasteiger partial charge in [0.25, 0.3) is 0 Å². The third-order valence-electron chi connectivity index (χ3n) is 4.30.